The summed E-state index contributed by atoms with van der Waals surface area (Å²) in [5, 5.41) is 15.9. The van der Waals surface area contributed by atoms with E-state index in [4.69, 9.17) is 9.47 Å². The predicted octanol–water partition coefficient (Wildman–Crippen LogP) is 6.43. The van der Waals surface area contributed by atoms with E-state index in [2.05, 4.69) is 15.5 Å². The lowest BCUT2D eigenvalue weighted by Gasteiger charge is -2.11. The summed E-state index contributed by atoms with van der Waals surface area (Å²) >= 11 is 0. The number of esters is 1. The predicted molar refractivity (Wildman–Crippen MR) is 159 cm³/mol. The van der Waals surface area contributed by atoms with Gasteiger partial charge >= 0.3 is 5.97 Å². The Balaban J connectivity index is 1.34. The standard InChI is InChI=1S/C32H26N4O6/c1-3-41-28-18-21(10-16-27(28)42-32(38)23-11-13-24(14-12-23)36(39)40)19-33-35-31(37)30-29(22-7-5-4-6-8-22)25-17-20(2)9-15-26(25)34-30/h4-19,34H,3H2,1-2H3,(H,35,37). The molecule has 0 unspecified atom stereocenters. The van der Waals surface area contributed by atoms with E-state index < -0.39 is 16.8 Å². The van der Waals surface area contributed by atoms with E-state index in [0.29, 0.717) is 23.6 Å². The molecule has 4 aromatic carbocycles. The molecule has 0 bridgehead atoms. The first-order valence-electron chi connectivity index (χ1n) is 13.1. The van der Waals surface area contributed by atoms with E-state index in [1.165, 1.54) is 30.5 Å². The number of ether oxygens (including phenoxy) is 2. The largest absolute Gasteiger partial charge is 0.490 e. The van der Waals surface area contributed by atoms with Gasteiger partial charge in [0.15, 0.2) is 11.5 Å². The monoisotopic (exact) mass is 562 g/mol. The summed E-state index contributed by atoms with van der Waals surface area (Å²) in [4.78, 5) is 39.4. The topological polar surface area (TPSA) is 136 Å². The number of aryl methyl sites for hydroxylation is 1. The van der Waals surface area contributed by atoms with Gasteiger partial charge in [0.1, 0.15) is 5.69 Å². The zero-order valence-corrected chi connectivity index (χ0v) is 22.8. The number of carbonyl (C=O) groups is 2. The first kappa shape index (κ1) is 27.8. The second kappa shape index (κ2) is 12.2. The number of nitro benzene ring substituents is 1. The van der Waals surface area contributed by atoms with E-state index in [0.717, 1.165) is 27.6 Å². The Hall–Kier alpha value is -5.77. The van der Waals surface area contributed by atoms with E-state index in [-0.39, 0.29) is 17.0 Å². The number of nitro groups is 1. The van der Waals surface area contributed by atoms with Crippen LogP contribution in [-0.4, -0.2) is 34.6 Å². The van der Waals surface area contributed by atoms with Crippen LogP contribution in [-0.2, 0) is 0 Å². The minimum atomic E-state index is -0.692. The molecule has 0 aliphatic heterocycles. The normalized spacial score (nSPS) is 11.0. The number of carbonyl (C=O) groups excluding carboxylic acids is 2. The number of non-ortho nitro benzene ring substituents is 1. The number of aromatic nitrogens is 1. The highest BCUT2D eigenvalue weighted by molar-refractivity contribution is 6.10. The zero-order chi connectivity index (χ0) is 29.6. The number of nitrogens with one attached hydrogen (secondary N) is 2. The number of aromatic amines is 1. The van der Waals surface area contributed by atoms with Crippen LogP contribution in [0.3, 0.4) is 0 Å². The quantitative estimate of drug-likeness (QED) is 0.0698. The summed E-state index contributed by atoms with van der Waals surface area (Å²) in [7, 11) is 0. The smallest absolute Gasteiger partial charge is 0.343 e. The lowest BCUT2D eigenvalue weighted by atomic mass is 10.0. The Morgan fingerprint density at radius 3 is 2.45 bits per heavy atom. The van der Waals surface area contributed by atoms with Gasteiger partial charge < -0.3 is 14.5 Å². The van der Waals surface area contributed by atoms with Crippen LogP contribution in [0.1, 0.15) is 38.9 Å². The van der Waals surface area contributed by atoms with Gasteiger partial charge in [-0.05, 0) is 67.4 Å². The first-order chi connectivity index (χ1) is 20.3. The van der Waals surface area contributed by atoms with Crippen molar-refractivity contribution >= 4 is 34.7 Å². The van der Waals surface area contributed by atoms with Gasteiger partial charge in [0, 0.05) is 28.6 Å². The van der Waals surface area contributed by atoms with Crippen molar-refractivity contribution in [3.8, 4) is 22.6 Å². The van der Waals surface area contributed by atoms with Crippen molar-refractivity contribution in [2.45, 2.75) is 13.8 Å². The maximum atomic E-state index is 13.2. The molecule has 0 atom stereocenters. The minimum Gasteiger partial charge on any atom is -0.490 e. The van der Waals surface area contributed by atoms with Gasteiger partial charge in [-0.3, -0.25) is 14.9 Å². The van der Waals surface area contributed by atoms with Crippen LogP contribution in [0.5, 0.6) is 11.5 Å². The zero-order valence-electron chi connectivity index (χ0n) is 22.8. The molecule has 5 rings (SSSR count). The Morgan fingerprint density at radius 1 is 0.976 bits per heavy atom. The highest BCUT2D eigenvalue weighted by Crippen LogP contribution is 2.33. The molecule has 2 N–H and O–H groups in total. The van der Waals surface area contributed by atoms with Crippen molar-refractivity contribution in [1.29, 1.82) is 0 Å². The molecule has 210 valence electrons. The van der Waals surface area contributed by atoms with Crippen molar-refractivity contribution in [3.05, 3.63) is 123 Å². The summed E-state index contributed by atoms with van der Waals surface area (Å²) in [6.45, 7) is 4.10. The maximum Gasteiger partial charge on any atom is 0.343 e. The van der Waals surface area contributed by atoms with Gasteiger partial charge in [-0.25, -0.2) is 10.2 Å². The summed E-state index contributed by atoms with van der Waals surface area (Å²) in [6, 6.07) is 25.6. The minimum absolute atomic E-state index is 0.131. The molecule has 5 aromatic rings. The molecular weight excluding hydrogens is 536 g/mol. The van der Waals surface area contributed by atoms with Gasteiger partial charge in [0.05, 0.1) is 23.3 Å². The van der Waals surface area contributed by atoms with E-state index in [1.54, 1.807) is 25.1 Å². The molecule has 0 aliphatic carbocycles. The van der Waals surface area contributed by atoms with Gasteiger partial charge in [0.2, 0.25) is 0 Å². The summed E-state index contributed by atoms with van der Waals surface area (Å²) in [6.07, 6.45) is 1.46. The number of hydrogen-bond donors (Lipinski definition) is 2. The number of benzene rings is 4. The van der Waals surface area contributed by atoms with E-state index in [1.807, 2.05) is 55.5 Å². The maximum absolute atomic E-state index is 13.2. The SMILES string of the molecule is CCOc1cc(C=NNC(=O)c2[nH]c3ccc(C)cc3c2-c2ccccc2)ccc1OC(=O)c1ccc([N+](=O)[O-])cc1. The molecule has 42 heavy (non-hydrogen) atoms. The number of amides is 1. The van der Waals surface area contributed by atoms with Crippen LogP contribution < -0.4 is 14.9 Å². The third-order valence-electron chi connectivity index (χ3n) is 6.41. The molecule has 0 radical (unpaired) electrons. The third-order valence-corrected chi connectivity index (χ3v) is 6.41. The molecule has 10 nitrogen and oxygen atoms in total. The Labute approximate surface area is 240 Å². The lowest BCUT2D eigenvalue weighted by molar-refractivity contribution is -0.384. The molecule has 1 heterocycles. The molecule has 0 saturated carbocycles. The fourth-order valence-electron chi connectivity index (χ4n) is 4.44. The summed E-state index contributed by atoms with van der Waals surface area (Å²) < 4.78 is 11.1. The van der Waals surface area contributed by atoms with Gasteiger partial charge in [-0.15, -0.1) is 0 Å². The number of rotatable bonds is 9. The second-order valence-electron chi connectivity index (χ2n) is 9.32. The molecule has 0 saturated heterocycles. The number of H-pyrrole nitrogens is 1. The average Bonchev–Trinajstić information content (AvgIpc) is 3.37. The van der Waals surface area contributed by atoms with Crippen molar-refractivity contribution in [2.24, 2.45) is 5.10 Å². The van der Waals surface area contributed by atoms with Crippen LogP contribution in [0, 0.1) is 17.0 Å². The van der Waals surface area contributed by atoms with E-state index >= 15 is 0 Å². The molecule has 0 aliphatic rings. The summed E-state index contributed by atoms with van der Waals surface area (Å²) in [5.74, 6) is -0.637. The van der Waals surface area contributed by atoms with Gasteiger partial charge in [-0.2, -0.15) is 5.10 Å². The molecule has 1 amide bonds. The highest BCUT2D eigenvalue weighted by Gasteiger charge is 2.19. The van der Waals surface area contributed by atoms with Gasteiger partial charge in [0.25, 0.3) is 11.6 Å². The van der Waals surface area contributed by atoms with Crippen molar-refractivity contribution in [1.82, 2.24) is 10.4 Å². The van der Waals surface area contributed by atoms with Crippen LogP contribution >= 0.6 is 0 Å². The second-order valence-corrected chi connectivity index (χ2v) is 9.32. The van der Waals surface area contributed by atoms with E-state index in [9.17, 15) is 19.7 Å². The van der Waals surface area contributed by atoms with Crippen molar-refractivity contribution in [3.63, 3.8) is 0 Å². The Kier molecular flexibility index (Phi) is 8.05. The molecule has 10 heteroatoms. The molecule has 0 spiro atoms. The van der Waals surface area contributed by atoms with Crippen molar-refractivity contribution < 1.29 is 24.0 Å². The highest BCUT2D eigenvalue weighted by atomic mass is 16.6. The van der Waals surface area contributed by atoms with Crippen LogP contribution in [0.4, 0.5) is 5.69 Å². The van der Waals surface area contributed by atoms with Gasteiger partial charge in [-0.1, -0.05) is 42.0 Å². The fraction of sp³-hybridized carbons (Fsp3) is 0.0938. The number of fused-ring (bicyclic) bond motifs is 1. The fourth-order valence-corrected chi connectivity index (χ4v) is 4.44. The first-order valence-corrected chi connectivity index (χ1v) is 13.1. The van der Waals surface area contributed by atoms with Crippen LogP contribution in [0.25, 0.3) is 22.0 Å². The number of hydrogen-bond acceptors (Lipinski definition) is 7. The summed E-state index contributed by atoms with van der Waals surface area (Å²) in [5.41, 5.74) is 7.21. The third kappa shape index (κ3) is 6.02. The van der Waals surface area contributed by atoms with Crippen LogP contribution in [0.2, 0.25) is 0 Å². The van der Waals surface area contributed by atoms with Crippen LogP contribution in [0.15, 0.2) is 96.1 Å². The molecule has 0 fully saturated rings. The number of hydrazone groups is 1. The van der Waals surface area contributed by atoms with Crippen molar-refractivity contribution in [2.75, 3.05) is 6.61 Å². The Morgan fingerprint density at radius 2 is 1.74 bits per heavy atom. The number of nitrogens with zero attached hydrogens (tertiary/aromatic N) is 2. The molecular formula is C32H26N4O6. The molecule has 1 aromatic heterocycles. The lowest BCUT2D eigenvalue weighted by Crippen LogP contribution is -2.18. The average molecular weight is 563 g/mol. The Bertz CT molecular complexity index is 1810.